The largest absolute Gasteiger partial charge is 0.326 e. The molecular weight excluding hydrogens is 290 g/mol. The summed E-state index contributed by atoms with van der Waals surface area (Å²) in [5.74, 6) is 0. The topological polar surface area (TPSA) is 60.9 Å². The Labute approximate surface area is 105 Å². The molecule has 0 aliphatic carbocycles. The summed E-state index contributed by atoms with van der Waals surface area (Å²) >= 11 is 4.97. The zero-order valence-electron chi connectivity index (χ0n) is 8.61. The predicted octanol–water partition coefficient (Wildman–Crippen LogP) is 1.73. The van der Waals surface area contributed by atoms with Gasteiger partial charge < -0.3 is 5.73 Å². The molecule has 0 fully saturated rings. The van der Waals surface area contributed by atoms with Crippen LogP contribution in [0.15, 0.2) is 26.8 Å². The SMILES string of the molecule is Cn1nc(-c2ccc(Br)s2)c(CN)cc1=O. The monoisotopic (exact) mass is 299 g/mol. The molecule has 0 aromatic carbocycles. The first kappa shape index (κ1) is 11.5. The minimum absolute atomic E-state index is 0.139. The van der Waals surface area contributed by atoms with Gasteiger partial charge in [-0.15, -0.1) is 11.3 Å². The number of aryl methyl sites for hydroxylation is 1. The maximum Gasteiger partial charge on any atom is 0.266 e. The molecule has 0 bridgehead atoms. The van der Waals surface area contributed by atoms with Gasteiger partial charge in [0.2, 0.25) is 0 Å². The fourth-order valence-corrected chi connectivity index (χ4v) is 2.79. The van der Waals surface area contributed by atoms with E-state index in [-0.39, 0.29) is 5.56 Å². The van der Waals surface area contributed by atoms with E-state index in [1.165, 1.54) is 10.7 Å². The van der Waals surface area contributed by atoms with Crippen molar-refractivity contribution in [2.24, 2.45) is 12.8 Å². The molecule has 0 saturated heterocycles. The quantitative estimate of drug-likeness (QED) is 0.919. The highest BCUT2D eigenvalue weighted by atomic mass is 79.9. The van der Waals surface area contributed by atoms with E-state index in [4.69, 9.17) is 5.73 Å². The Morgan fingerprint density at radius 2 is 2.31 bits per heavy atom. The maximum atomic E-state index is 11.4. The summed E-state index contributed by atoms with van der Waals surface area (Å²) < 4.78 is 2.35. The molecule has 0 saturated carbocycles. The number of aromatic nitrogens is 2. The summed E-state index contributed by atoms with van der Waals surface area (Å²) in [6.07, 6.45) is 0. The summed E-state index contributed by atoms with van der Waals surface area (Å²) in [5, 5.41) is 4.24. The van der Waals surface area contributed by atoms with Crippen molar-refractivity contribution in [3.63, 3.8) is 0 Å². The van der Waals surface area contributed by atoms with Crippen LogP contribution in [0.4, 0.5) is 0 Å². The zero-order chi connectivity index (χ0) is 11.7. The molecule has 2 aromatic heterocycles. The van der Waals surface area contributed by atoms with Crippen LogP contribution < -0.4 is 11.3 Å². The molecule has 2 N–H and O–H groups in total. The minimum atomic E-state index is -0.139. The third-order valence-electron chi connectivity index (χ3n) is 2.20. The Hall–Kier alpha value is -0.980. The number of nitrogens with zero attached hydrogens (tertiary/aromatic N) is 2. The lowest BCUT2D eigenvalue weighted by Gasteiger charge is -2.05. The van der Waals surface area contributed by atoms with Crippen molar-refractivity contribution >= 4 is 27.3 Å². The second kappa shape index (κ2) is 4.48. The lowest BCUT2D eigenvalue weighted by molar-refractivity contribution is 0.705. The Bertz CT molecular complexity index is 576. The van der Waals surface area contributed by atoms with Crippen LogP contribution in [-0.2, 0) is 13.6 Å². The minimum Gasteiger partial charge on any atom is -0.326 e. The van der Waals surface area contributed by atoms with Gasteiger partial charge in [0.05, 0.1) is 8.66 Å². The normalized spacial score (nSPS) is 10.7. The Balaban J connectivity index is 2.63. The van der Waals surface area contributed by atoms with Gasteiger partial charge in [0.15, 0.2) is 0 Å². The molecule has 2 rings (SSSR count). The number of hydrogen-bond donors (Lipinski definition) is 1. The van der Waals surface area contributed by atoms with Gasteiger partial charge in [0, 0.05) is 25.2 Å². The van der Waals surface area contributed by atoms with Gasteiger partial charge >= 0.3 is 0 Å². The van der Waals surface area contributed by atoms with E-state index in [0.717, 1.165) is 19.9 Å². The molecule has 4 nitrogen and oxygen atoms in total. The van der Waals surface area contributed by atoms with E-state index in [9.17, 15) is 4.79 Å². The first-order valence-electron chi connectivity index (χ1n) is 4.65. The Kier molecular flexibility index (Phi) is 3.22. The van der Waals surface area contributed by atoms with E-state index in [1.54, 1.807) is 18.4 Å². The standard InChI is InChI=1S/C10H10BrN3OS/c1-14-9(15)4-6(5-12)10(13-14)7-2-3-8(11)16-7/h2-4H,5,12H2,1H3. The molecule has 6 heteroatoms. The van der Waals surface area contributed by atoms with Crippen LogP contribution in [0.1, 0.15) is 5.56 Å². The van der Waals surface area contributed by atoms with Crippen molar-refractivity contribution < 1.29 is 0 Å². The van der Waals surface area contributed by atoms with Crippen LogP contribution in [0, 0.1) is 0 Å². The van der Waals surface area contributed by atoms with Crippen molar-refractivity contribution in [3.8, 4) is 10.6 Å². The van der Waals surface area contributed by atoms with Gasteiger partial charge in [-0.05, 0) is 28.1 Å². The second-order valence-electron chi connectivity index (χ2n) is 3.29. The third kappa shape index (κ3) is 2.09. The molecule has 0 atom stereocenters. The molecule has 84 valence electrons. The van der Waals surface area contributed by atoms with Crippen molar-refractivity contribution in [1.82, 2.24) is 9.78 Å². The average Bonchev–Trinajstić information content (AvgIpc) is 2.68. The van der Waals surface area contributed by atoms with E-state index < -0.39 is 0 Å². The van der Waals surface area contributed by atoms with E-state index in [1.807, 2.05) is 12.1 Å². The summed E-state index contributed by atoms with van der Waals surface area (Å²) in [5.41, 5.74) is 7.03. The number of nitrogens with two attached hydrogens (primary N) is 1. The van der Waals surface area contributed by atoms with Crippen LogP contribution in [0.2, 0.25) is 0 Å². The summed E-state index contributed by atoms with van der Waals surface area (Å²) in [6, 6.07) is 5.45. The first-order valence-corrected chi connectivity index (χ1v) is 6.26. The van der Waals surface area contributed by atoms with Crippen LogP contribution in [0.25, 0.3) is 10.6 Å². The highest BCUT2D eigenvalue weighted by Crippen LogP contribution is 2.31. The van der Waals surface area contributed by atoms with Gasteiger partial charge in [0.25, 0.3) is 5.56 Å². The van der Waals surface area contributed by atoms with E-state index in [2.05, 4.69) is 21.0 Å². The van der Waals surface area contributed by atoms with Gasteiger partial charge in [0.1, 0.15) is 5.69 Å². The van der Waals surface area contributed by atoms with Gasteiger partial charge in [-0.2, -0.15) is 5.10 Å². The lowest BCUT2D eigenvalue weighted by atomic mass is 10.2. The van der Waals surface area contributed by atoms with Gasteiger partial charge in [-0.3, -0.25) is 4.79 Å². The number of thiophene rings is 1. The van der Waals surface area contributed by atoms with E-state index in [0.29, 0.717) is 6.54 Å². The van der Waals surface area contributed by atoms with E-state index >= 15 is 0 Å². The molecule has 0 unspecified atom stereocenters. The highest BCUT2D eigenvalue weighted by molar-refractivity contribution is 9.11. The van der Waals surface area contributed by atoms with Crippen LogP contribution in [0.5, 0.6) is 0 Å². The second-order valence-corrected chi connectivity index (χ2v) is 5.75. The van der Waals surface area contributed by atoms with Crippen molar-refractivity contribution in [3.05, 3.63) is 37.9 Å². The first-order chi connectivity index (χ1) is 7.61. The molecule has 16 heavy (non-hydrogen) atoms. The Morgan fingerprint density at radius 1 is 1.56 bits per heavy atom. The van der Waals surface area contributed by atoms with Crippen LogP contribution in [-0.4, -0.2) is 9.78 Å². The third-order valence-corrected chi connectivity index (χ3v) is 3.83. The molecular formula is C10H10BrN3OS. The average molecular weight is 300 g/mol. The fourth-order valence-electron chi connectivity index (χ4n) is 1.38. The molecule has 0 radical (unpaired) electrons. The molecule has 0 amide bonds. The molecule has 0 spiro atoms. The smallest absolute Gasteiger partial charge is 0.266 e. The number of hydrogen-bond acceptors (Lipinski definition) is 4. The predicted molar refractivity (Wildman–Crippen MR) is 68.4 cm³/mol. The van der Waals surface area contributed by atoms with Gasteiger partial charge in [-0.1, -0.05) is 0 Å². The highest BCUT2D eigenvalue weighted by Gasteiger charge is 2.10. The van der Waals surface area contributed by atoms with Crippen LogP contribution >= 0.6 is 27.3 Å². The Morgan fingerprint density at radius 3 is 2.88 bits per heavy atom. The number of rotatable bonds is 2. The van der Waals surface area contributed by atoms with Crippen molar-refractivity contribution in [2.45, 2.75) is 6.54 Å². The molecule has 0 aliphatic rings. The maximum absolute atomic E-state index is 11.4. The van der Waals surface area contributed by atoms with Crippen LogP contribution in [0.3, 0.4) is 0 Å². The molecule has 0 aliphatic heterocycles. The summed E-state index contributed by atoms with van der Waals surface area (Å²) in [7, 11) is 1.63. The number of halogens is 1. The zero-order valence-corrected chi connectivity index (χ0v) is 11.0. The molecule has 2 aromatic rings. The summed E-state index contributed by atoms with van der Waals surface area (Å²) in [4.78, 5) is 12.4. The van der Waals surface area contributed by atoms with Gasteiger partial charge in [-0.25, -0.2) is 4.68 Å². The fraction of sp³-hybridized carbons (Fsp3) is 0.200. The lowest BCUT2D eigenvalue weighted by Crippen LogP contribution is -2.21. The van der Waals surface area contributed by atoms with Crippen molar-refractivity contribution in [2.75, 3.05) is 0 Å². The summed E-state index contributed by atoms with van der Waals surface area (Å²) in [6.45, 7) is 0.313. The molecule has 2 heterocycles. The van der Waals surface area contributed by atoms with Crippen molar-refractivity contribution in [1.29, 1.82) is 0 Å².